The zero-order valence-electron chi connectivity index (χ0n) is 10.8. The molecule has 0 aliphatic heterocycles. The molecular formula is C15H12BrNO3. The number of ketones is 1. The van der Waals surface area contributed by atoms with Crippen molar-refractivity contribution >= 4 is 27.4 Å². The van der Waals surface area contributed by atoms with Crippen molar-refractivity contribution in [2.24, 2.45) is 0 Å². The molecule has 20 heavy (non-hydrogen) atoms. The number of rotatable bonds is 4. The van der Waals surface area contributed by atoms with Gasteiger partial charge in [0.2, 0.25) is 0 Å². The van der Waals surface area contributed by atoms with Crippen molar-refractivity contribution in [2.75, 3.05) is 0 Å². The fraction of sp³-hybridized carbons (Fsp3) is 0.133. The third-order valence-corrected chi connectivity index (χ3v) is 3.47. The highest BCUT2D eigenvalue weighted by atomic mass is 79.9. The van der Waals surface area contributed by atoms with Gasteiger partial charge in [-0.3, -0.25) is 14.9 Å². The summed E-state index contributed by atoms with van der Waals surface area (Å²) in [5, 5.41) is 11.0. The van der Waals surface area contributed by atoms with Crippen molar-refractivity contribution in [3.8, 4) is 0 Å². The lowest BCUT2D eigenvalue weighted by molar-refractivity contribution is -0.385. The lowest BCUT2D eigenvalue weighted by Crippen LogP contribution is -2.09. The molecule has 5 heteroatoms. The summed E-state index contributed by atoms with van der Waals surface area (Å²) in [4.78, 5) is 22.9. The molecule has 0 aromatic heterocycles. The molecule has 0 saturated carbocycles. The van der Waals surface area contributed by atoms with Gasteiger partial charge in [-0.25, -0.2) is 0 Å². The number of Topliss-reactive ketones (excluding diaryl/α,β-unsaturated/α-hetero) is 1. The van der Waals surface area contributed by atoms with E-state index in [9.17, 15) is 14.9 Å². The maximum atomic E-state index is 12.4. The Morgan fingerprint density at radius 1 is 1.25 bits per heavy atom. The molecule has 102 valence electrons. The van der Waals surface area contributed by atoms with Crippen LogP contribution in [0.15, 0.2) is 46.9 Å². The summed E-state index contributed by atoms with van der Waals surface area (Å²) in [6.07, 6.45) is 0.144. The predicted octanol–water partition coefficient (Wildman–Crippen LogP) is 4.09. The van der Waals surface area contributed by atoms with Crippen LogP contribution in [0.4, 0.5) is 5.69 Å². The van der Waals surface area contributed by atoms with Gasteiger partial charge in [0.1, 0.15) is 0 Å². The van der Waals surface area contributed by atoms with Crippen molar-refractivity contribution in [3.63, 3.8) is 0 Å². The van der Waals surface area contributed by atoms with Crippen molar-refractivity contribution in [1.29, 1.82) is 0 Å². The number of nitro groups is 1. The van der Waals surface area contributed by atoms with Crippen molar-refractivity contribution < 1.29 is 9.72 Å². The highest BCUT2D eigenvalue weighted by molar-refractivity contribution is 9.10. The monoisotopic (exact) mass is 333 g/mol. The summed E-state index contributed by atoms with van der Waals surface area (Å²) in [5.74, 6) is -0.243. The molecule has 0 bridgehead atoms. The predicted molar refractivity (Wildman–Crippen MR) is 80.0 cm³/mol. The molecule has 0 aliphatic carbocycles. The second-order valence-corrected chi connectivity index (χ2v) is 5.37. The Bertz CT molecular complexity index is 683. The smallest absolute Gasteiger partial charge is 0.280 e. The topological polar surface area (TPSA) is 60.2 Å². The summed E-state index contributed by atoms with van der Waals surface area (Å²) in [5.41, 5.74) is 1.50. The van der Waals surface area contributed by atoms with Crippen LogP contribution in [0.5, 0.6) is 0 Å². The van der Waals surface area contributed by atoms with Crippen LogP contribution in [0.25, 0.3) is 0 Å². The Balaban J connectivity index is 2.37. The molecule has 2 aromatic rings. The number of halogens is 1. The van der Waals surface area contributed by atoms with Crippen LogP contribution in [0.3, 0.4) is 0 Å². The molecular weight excluding hydrogens is 322 g/mol. The number of benzene rings is 2. The number of hydrogen-bond donors (Lipinski definition) is 0. The van der Waals surface area contributed by atoms with Crippen LogP contribution in [-0.2, 0) is 6.42 Å². The number of aryl methyl sites for hydroxylation is 1. The molecule has 4 nitrogen and oxygen atoms in total. The van der Waals surface area contributed by atoms with Crippen LogP contribution >= 0.6 is 15.9 Å². The van der Waals surface area contributed by atoms with Gasteiger partial charge in [-0.2, -0.15) is 0 Å². The summed E-state index contributed by atoms with van der Waals surface area (Å²) in [6, 6.07) is 12.0. The fourth-order valence-electron chi connectivity index (χ4n) is 2.09. The third kappa shape index (κ3) is 3.11. The zero-order chi connectivity index (χ0) is 14.7. The fourth-order valence-corrected chi connectivity index (χ4v) is 2.53. The van der Waals surface area contributed by atoms with Crippen LogP contribution < -0.4 is 0 Å². The molecule has 0 aliphatic rings. The minimum atomic E-state index is -0.513. The molecule has 0 heterocycles. The normalized spacial score (nSPS) is 10.3. The van der Waals surface area contributed by atoms with Gasteiger partial charge < -0.3 is 0 Å². The van der Waals surface area contributed by atoms with E-state index in [4.69, 9.17) is 0 Å². The van der Waals surface area contributed by atoms with Crippen LogP contribution in [0, 0.1) is 17.0 Å². The van der Waals surface area contributed by atoms with Gasteiger partial charge in [0.15, 0.2) is 5.78 Å². The highest BCUT2D eigenvalue weighted by Crippen LogP contribution is 2.24. The van der Waals surface area contributed by atoms with Crippen molar-refractivity contribution in [1.82, 2.24) is 0 Å². The molecule has 0 radical (unpaired) electrons. The minimum absolute atomic E-state index is 0.134. The maximum Gasteiger partial charge on any atom is 0.280 e. The summed E-state index contributed by atoms with van der Waals surface area (Å²) >= 11 is 3.34. The molecule has 2 rings (SSSR count). The number of carbonyl (C=O) groups excluding carboxylic acids is 1. The molecule has 0 fully saturated rings. The van der Waals surface area contributed by atoms with Gasteiger partial charge in [0.25, 0.3) is 5.69 Å². The van der Waals surface area contributed by atoms with E-state index in [0.717, 1.165) is 10.0 Å². The first-order valence-corrected chi connectivity index (χ1v) is 6.80. The third-order valence-electron chi connectivity index (χ3n) is 2.98. The molecule has 0 unspecified atom stereocenters. The number of carbonyl (C=O) groups is 1. The van der Waals surface area contributed by atoms with E-state index in [0.29, 0.717) is 5.56 Å². The van der Waals surface area contributed by atoms with E-state index >= 15 is 0 Å². The lowest BCUT2D eigenvalue weighted by Gasteiger charge is -2.06. The van der Waals surface area contributed by atoms with Gasteiger partial charge in [0, 0.05) is 17.0 Å². The Hall–Kier alpha value is -2.01. The first kappa shape index (κ1) is 14.4. The highest BCUT2D eigenvalue weighted by Gasteiger charge is 2.22. The van der Waals surface area contributed by atoms with Crippen LogP contribution in [0.1, 0.15) is 21.5 Å². The average Bonchev–Trinajstić information content (AvgIpc) is 2.38. The molecule has 0 N–H and O–H groups in total. The molecule has 0 saturated heterocycles. The molecule has 0 spiro atoms. The largest absolute Gasteiger partial charge is 0.294 e. The standard InChI is InChI=1S/C15H12BrNO3/c1-10-4-2-7-13(17(19)20)15(10)14(18)9-11-5-3-6-12(16)8-11/h2-8H,9H2,1H3. The Morgan fingerprint density at radius 2 is 1.95 bits per heavy atom. The number of nitrogens with zero attached hydrogens (tertiary/aromatic N) is 1. The lowest BCUT2D eigenvalue weighted by atomic mass is 9.97. The van der Waals surface area contributed by atoms with Gasteiger partial charge in [-0.1, -0.05) is 40.2 Å². The minimum Gasteiger partial charge on any atom is -0.294 e. The van der Waals surface area contributed by atoms with Gasteiger partial charge in [-0.15, -0.1) is 0 Å². The summed E-state index contributed by atoms with van der Waals surface area (Å²) in [6.45, 7) is 1.71. The number of hydrogen-bond acceptors (Lipinski definition) is 3. The summed E-state index contributed by atoms with van der Waals surface area (Å²) < 4.78 is 0.877. The Kier molecular flexibility index (Phi) is 4.29. The summed E-state index contributed by atoms with van der Waals surface area (Å²) in [7, 11) is 0. The Labute approximate surface area is 124 Å². The van der Waals surface area contributed by atoms with Gasteiger partial charge in [-0.05, 0) is 30.2 Å². The van der Waals surface area contributed by atoms with Crippen molar-refractivity contribution in [2.45, 2.75) is 13.3 Å². The SMILES string of the molecule is Cc1cccc([N+](=O)[O-])c1C(=O)Cc1cccc(Br)c1. The van der Waals surface area contributed by atoms with E-state index in [1.54, 1.807) is 19.1 Å². The maximum absolute atomic E-state index is 12.4. The number of nitro benzene ring substituents is 1. The quantitative estimate of drug-likeness (QED) is 0.481. The first-order chi connectivity index (χ1) is 9.49. The van der Waals surface area contributed by atoms with E-state index < -0.39 is 4.92 Å². The second kappa shape index (κ2) is 5.96. The van der Waals surface area contributed by atoms with Gasteiger partial charge >= 0.3 is 0 Å². The second-order valence-electron chi connectivity index (χ2n) is 4.46. The molecule has 0 atom stereocenters. The first-order valence-electron chi connectivity index (χ1n) is 6.00. The van der Waals surface area contributed by atoms with Crippen molar-refractivity contribution in [3.05, 3.63) is 73.7 Å². The van der Waals surface area contributed by atoms with E-state index in [1.807, 2.05) is 24.3 Å². The Morgan fingerprint density at radius 3 is 2.60 bits per heavy atom. The van der Waals surface area contributed by atoms with Gasteiger partial charge in [0.05, 0.1) is 10.5 Å². The molecule has 0 amide bonds. The zero-order valence-corrected chi connectivity index (χ0v) is 12.4. The average molecular weight is 334 g/mol. The van der Waals surface area contributed by atoms with E-state index in [-0.39, 0.29) is 23.5 Å². The van der Waals surface area contributed by atoms with E-state index in [1.165, 1.54) is 6.07 Å². The van der Waals surface area contributed by atoms with Crippen LogP contribution in [0.2, 0.25) is 0 Å². The van der Waals surface area contributed by atoms with E-state index in [2.05, 4.69) is 15.9 Å². The van der Waals surface area contributed by atoms with Crippen LogP contribution in [-0.4, -0.2) is 10.7 Å². The molecule has 2 aromatic carbocycles.